The van der Waals surface area contributed by atoms with Gasteiger partial charge in [-0.25, -0.2) is 4.79 Å². The minimum absolute atomic E-state index is 0.152. The van der Waals surface area contributed by atoms with E-state index in [-0.39, 0.29) is 23.5 Å². The molecule has 2 heterocycles. The molecule has 0 aliphatic rings. The zero-order chi connectivity index (χ0) is 17.4. The molecule has 0 radical (unpaired) electrons. The van der Waals surface area contributed by atoms with Crippen LogP contribution in [-0.2, 0) is 11.5 Å². The molecule has 0 amide bonds. The Bertz CT molecular complexity index is 899. The van der Waals surface area contributed by atoms with Gasteiger partial charge >= 0.3 is 11.7 Å². The number of nitrogens with zero attached hydrogens (tertiary/aromatic N) is 1. The molecule has 124 valence electrons. The first-order valence-corrected chi connectivity index (χ1v) is 7.19. The van der Waals surface area contributed by atoms with Crippen molar-refractivity contribution in [2.45, 2.75) is 6.67 Å². The van der Waals surface area contributed by atoms with Gasteiger partial charge in [0.25, 0.3) is 11.1 Å². The van der Waals surface area contributed by atoms with Crippen LogP contribution in [0.3, 0.4) is 0 Å². The van der Waals surface area contributed by atoms with E-state index in [4.69, 9.17) is 17.3 Å². The zero-order valence-corrected chi connectivity index (χ0v) is 13.9. The maximum Gasteiger partial charge on any atom is 0.325 e. The fourth-order valence-corrected chi connectivity index (χ4v) is 1.68. The third-order valence-electron chi connectivity index (χ3n) is 2.23. The lowest BCUT2D eigenvalue weighted by molar-refractivity contribution is -0.136. The van der Waals surface area contributed by atoms with Crippen molar-refractivity contribution in [3.05, 3.63) is 58.9 Å². The topological polar surface area (TPSA) is 153 Å². The highest BCUT2D eigenvalue weighted by molar-refractivity contribution is 9.10. The van der Waals surface area contributed by atoms with Crippen molar-refractivity contribution in [3.63, 3.8) is 0 Å². The van der Waals surface area contributed by atoms with Crippen LogP contribution >= 0.6 is 28.1 Å². The lowest BCUT2D eigenvalue weighted by Gasteiger charge is -2.05. The molecule has 0 atom stereocenters. The number of carbonyl (C=O) groups is 1. The quantitative estimate of drug-likeness (QED) is 0.424. The molecule has 0 aliphatic carbocycles. The fourth-order valence-electron chi connectivity index (χ4n) is 1.25. The van der Waals surface area contributed by atoms with E-state index in [9.17, 15) is 19.2 Å². The largest absolute Gasteiger partial charge is 0.480 e. The lowest BCUT2D eigenvalue weighted by Crippen LogP contribution is -2.26. The number of aromatic nitrogens is 4. The van der Waals surface area contributed by atoms with Gasteiger partial charge in [-0.15, -0.1) is 0 Å². The summed E-state index contributed by atoms with van der Waals surface area (Å²) in [6, 6.07) is 1.32. The number of nitrogens with one attached hydrogen (secondary N) is 4. The SMILES string of the molecule is O=C(O)CNCn1ccc(=O)[nH]c1=S.O=c1[nH]cc(Br)c(=O)[nH]1. The molecule has 2 aromatic rings. The van der Waals surface area contributed by atoms with Gasteiger partial charge in [-0.05, 0) is 28.1 Å². The molecule has 0 saturated carbocycles. The Morgan fingerprint density at radius 3 is 2.57 bits per heavy atom. The number of hydrogen-bond acceptors (Lipinski definition) is 6. The van der Waals surface area contributed by atoms with Crippen LogP contribution in [0.25, 0.3) is 0 Å². The van der Waals surface area contributed by atoms with Crippen molar-refractivity contribution >= 4 is 34.1 Å². The number of carboxylic acids is 1. The minimum atomic E-state index is -0.944. The summed E-state index contributed by atoms with van der Waals surface area (Å²) in [6.45, 7) is 0.100. The van der Waals surface area contributed by atoms with E-state index in [1.54, 1.807) is 0 Å². The molecule has 0 saturated heterocycles. The molecule has 0 fully saturated rings. The molecular formula is C11H12BrN5O5S. The number of H-pyrrole nitrogens is 3. The van der Waals surface area contributed by atoms with Gasteiger partial charge in [-0.1, -0.05) is 0 Å². The summed E-state index contributed by atoms with van der Waals surface area (Å²) in [5.74, 6) is -0.944. The smallest absolute Gasteiger partial charge is 0.325 e. The molecule has 12 heteroatoms. The molecule has 23 heavy (non-hydrogen) atoms. The molecule has 5 N–H and O–H groups in total. The molecule has 0 bridgehead atoms. The van der Waals surface area contributed by atoms with E-state index in [2.05, 4.69) is 31.2 Å². The van der Waals surface area contributed by atoms with E-state index in [1.165, 1.54) is 23.0 Å². The number of hydrogen-bond donors (Lipinski definition) is 5. The Hall–Kier alpha value is -2.31. The Labute approximate surface area is 141 Å². The highest BCUT2D eigenvalue weighted by Gasteiger charge is 1.96. The zero-order valence-electron chi connectivity index (χ0n) is 11.5. The summed E-state index contributed by atoms with van der Waals surface area (Å²) in [7, 11) is 0. The van der Waals surface area contributed by atoms with Gasteiger partial charge in [0.2, 0.25) is 0 Å². The number of aromatic amines is 3. The third kappa shape index (κ3) is 6.99. The van der Waals surface area contributed by atoms with Crippen molar-refractivity contribution in [3.8, 4) is 0 Å². The summed E-state index contributed by atoms with van der Waals surface area (Å²) in [5, 5.41) is 11.0. The van der Waals surface area contributed by atoms with Gasteiger partial charge in [0.15, 0.2) is 4.77 Å². The average molecular weight is 406 g/mol. The number of carboxylic acid groups (broad SMARTS) is 1. The summed E-state index contributed by atoms with van der Waals surface area (Å²) in [4.78, 5) is 48.5. The number of aliphatic carboxylic acids is 1. The van der Waals surface area contributed by atoms with Crippen molar-refractivity contribution in [1.29, 1.82) is 0 Å². The van der Waals surface area contributed by atoms with Crippen LogP contribution in [0.1, 0.15) is 0 Å². The van der Waals surface area contributed by atoms with E-state index in [1.807, 2.05) is 4.98 Å². The molecule has 0 spiro atoms. The maximum atomic E-state index is 10.8. The van der Waals surface area contributed by atoms with Gasteiger partial charge in [-0.2, -0.15) is 0 Å². The van der Waals surface area contributed by atoms with Gasteiger partial charge < -0.3 is 14.7 Å². The maximum absolute atomic E-state index is 10.8. The van der Waals surface area contributed by atoms with Crippen LogP contribution in [0.15, 0.2) is 37.3 Å². The second-order valence-electron chi connectivity index (χ2n) is 3.98. The van der Waals surface area contributed by atoms with E-state index in [0.29, 0.717) is 4.47 Å². The predicted octanol–water partition coefficient (Wildman–Crippen LogP) is -0.637. The Morgan fingerprint density at radius 1 is 1.35 bits per heavy atom. The average Bonchev–Trinajstić information content (AvgIpc) is 2.46. The van der Waals surface area contributed by atoms with Crippen LogP contribution in [-0.4, -0.2) is 37.1 Å². The summed E-state index contributed by atoms with van der Waals surface area (Å²) >= 11 is 7.75. The van der Waals surface area contributed by atoms with Crippen LogP contribution in [0, 0.1) is 4.77 Å². The van der Waals surface area contributed by atoms with E-state index >= 15 is 0 Å². The first-order chi connectivity index (χ1) is 10.8. The third-order valence-corrected chi connectivity index (χ3v) is 3.15. The summed E-state index contributed by atoms with van der Waals surface area (Å²) in [5.41, 5.74) is -1.19. The highest BCUT2D eigenvalue weighted by atomic mass is 79.9. The van der Waals surface area contributed by atoms with Crippen molar-refractivity contribution in [2.75, 3.05) is 6.54 Å². The summed E-state index contributed by atoms with van der Waals surface area (Å²) in [6.07, 6.45) is 2.79. The van der Waals surface area contributed by atoms with Crippen molar-refractivity contribution in [1.82, 2.24) is 24.8 Å². The molecule has 2 rings (SSSR count). The van der Waals surface area contributed by atoms with Crippen LogP contribution in [0.4, 0.5) is 0 Å². The van der Waals surface area contributed by atoms with Crippen LogP contribution in [0.2, 0.25) is 0 Å². The Kier molecular flexibility index (Phi) is 7.31. The van der Waals surface area contributed by atoms with Crippen molar-refractivity contribution < 1.29 is 9.90 Å². The van der Waals surface area contributed by atoms with Crippen LogP contribution in [0.5, 0.6) is 0 Å². The highest BCUT2D eigenvalue weighted by Crippen LogP contribution is 1.93. The molecule has 2 aromatic heterocycles. The lowest BCUT2D eigenvalue weighted by atomic mass is 10.6. The fraction of sp³-hybridized carbons (Fsp3) is 0.182. The van der Waals surface area contributed by atoms with Gasteiger partial charge in [-0.3, -0.25) is 29.7 Å². The van der Waals surface area contributed by atoms with E-state index < -0.39 is 17.2 Å². The minimum Gasteiger partial charge on any atom is -0.480 e. The van der Waals surface area contributed by atoms with Gasteiger partial charge in [0.05, 0.1) is 17.7 Å². The number of rotatable bonds is 4. The van der Waals surface area contributed by atoms with Gasteiger partial charge in [0.1, 0.15) is 0 Å². The monoisotopic (exact) mass is 405 g/mol. The van der Waals surface area contributed by atoms with Crippen LogP contribution < -0.4 is 22.1 Å². The first-order valence-electron chi connectivity index (χ1n) is 5.99. The molecular weight excluding hydrogens is 394 g/mol. The number of halogens is 1. The predicted molar refractivity (Wildman–Crippen MR) is 86.9 cm³/mol. The molecule has 0 aromatic carbocycles. The normalized spacial score (nSPS) is 9.78. The Morgan fingerprint density at radius 2 is 2.04 bits per heavy atom. The molecule has 0 aliphatic heterocycles. The van der Waals surface area contributed by atoms with Crippen molar-refractivity contribution in [2.24, 2.45) is 0 Å². The standard InChI is InChI=1S/C7H9N3O3S.C4H3BrN2O2/c11-5-1-2-10(7(14)9-5)4-8-3-6(12)13;5-2-1-6-4(9)7-3(2)8/h1-2,8H,3-4H2,(H,12,13)(H,9,11,14);1H,(H2,6,7,8,9). The van der Waals surface area contributed by atoms with E-state index in [0.717, 1.165) is 0 Å². The van der Waals surface area contributed by atoms with Gasteiger partial charge in [0, 0.05) is 18.5 Å². The second kappa shape index (κ2) is 8.97. The molecule has 10 nitrogen and oxygen atoms in total. The molecule has 0 unspecified atom stereocenters. The second-order valence-corrected chi connectivity index (χ2v) is 5.22. The summed E-state index contributed by atoms with van der Waals surface area (Å²) < 4.78 is 2.11. The first kappa shape index (κ1) is 18.7. The Balaban J connectivity index is 0.000000253.